The molecule has 0 saturated carbocycles. The molecule has 1 heteroatoms. The molecule has 21 heavy (non-hydrogen) atoms. The molecular weight excluding hydrogens is 254 g/mol. The predicted octanol–water partition coefficient (Wildman–Crippen LogP) is 4.87. The van der Waals surface area contributed by atoms with Crippen molar-refractivity contribution < 1.29 is 0 Å². The number of hydrogen-bond donors (Lipinski definition) is 0. The third-order valence-electron chi connectivity index (χ3n) is 4.13. The van der Waals surface area contributed by atoms with Crippen LogP contribution in [0.15, 0.2) is 54.6 Å². The zero-order valence-electron chi connectivity index (χ0n) is 13.5. The van der Waals surface area contributed by atoms with Gasteiger partial charge in [0, 0.05) is 6.04 Å². The van der Waals surface area contributed by atoms with E-state index in [0.717, 1.165) is 12.8 Å². The molecule has 0 fully saturated rings. The van der Waals surface area contributed by atoms with Crippen LogP contribution in [0.25, 0.3) is 0 Å². The van der Waals surface area contributed by atoms with Gasteiger partial charge in [0.05, 0.1) is 0 Å². The van der Waals surface area contributed by atoms with Gasteiger partial charge in [0.2, 0.25) is 0 Å². The van der Waals surface area contributed by atoms with Gasteiger partial charge in [-0.25, -0.2) is 0 Å². The van der Waals surface area contributed by atoms with Crippen molar-refractivity contribution in [2.24, 2.45) is 0 Å². The van der Waals surface area contributed by atoms with Crippen molar-refractivity contribution in [3.05, 3.63) is 71.3 Å². The van der Waals surface area contributed by atoms with Gasteiger partial charge in [-0.2, -0.15) is 0 Å². The Bertz CT molecular complexity index is 531. The Kier molecular flexibility index (Phi) is 6.01. The molecule has 1 atom stereocenters. The quantitative estimate of drug-likeness (QED) is 0.699. The van der Waals surface area contributed by atoms with Crippen molar-refractivity contribution >= 4 is 0 Å². The molecule has 0 bridgehead atoms. The highest BCUT2D eigenvalue weighted by atomic mass is 15.1. The van der Waals surface area contributed by atoms with E-state index in [1.165, 1.54) is 29.5 Å². The summed E-state index contributed by atoms with van der Waals surface area (Å²) in [6, 6.07) is 20.3. The number of hydrogen-bond acceptors (Lipinski definition) is 1. The van der Waals surface area contributed by atoms with Crippen LogP contribution >= 0.6 is 0 Å². The molecule has 0 aromatic heterocycles. The van der Waals surface area contributed by atoms with Crippen molar-refractivity contribution in [1.82, 2.24) is 4.90 Å². The van der Waals surface area contributed by atoms with Crippen LogP contribution in [0.3, 0.4) is 0 Å². The fourth-order valence-electron chi connectivity index (χ4n) is 2.98. The third kappa shape index (κ3) is 4.44. The van der Waals surface area contributed by atoms with E-state index in [-0.39, 0.29) is 0 Å². The van der Waals surface area contributed by atoms with Gasteiger partial charge in [-0.3, -0.25) is 0 Å². The zero-order valence-corrected chi connectivity index (χ0v) is 13.5. The van der Waals surface area contributed by atoms with Crippen LogP contribution in [0.2, 0.25) is 0 Å². The minimum atomic E-state index is 0.530. The van der Waals surface area contributed by atoms with E-state index in [1.807, 2.05) is 0 Å². The molecular formula is C20H27N. The number of rotatable bonds is 7. The van der Waals surface area contributed by atoms with Gasteiger partial charge in [0.15, 0.2) is 0 Å². The summed E-state index contributed by atoms with van der Waals surface area (Å²) in [5.41, 5.74) is 4.41. The van der Waals surface area contributed by atoms with Gasteiger partial charge in [-0.05, 0) is 50.0 Å². The van der Waals surface area contributed by atoms with Crippen molar-refractivity contribution in [1.29, 1.82) is 0 Å². The summed E-state index contributed by atoms with van der Waals surface area (Å²) in [7, 11) is 4.38. The fourth-order valence-corrected chi connectivity index (χ4v) is 2.98. The zero-order chi connectivity index (χ0) is 15.1. The van der Waals surface area contributed by atoms with Gasteiger partial charge < -0.3 is 4.90 Å². The van der Waals surface area contributed by atoms with E-state index < -0.39 is 0 Å². The Morgan fingerprint density at radius 1 is 0.857 bits per heavy atom. The smallest absolute Gasteiger partial charge is 0.0344 e. The topological polar surface area (TPSA) is 3.24 Å². The standard InChI is InChI=1S/C20H27N/c1-4-10-20(21(2)3)19-14-9-8-13-18(19)16-15-17-11-6-5-7-12-17/h5-9,11-14,20H,4,10,15-16H2,1-3H3. The molecule has 0 aliphatic rings. The summed E-state index contributed by atoms with van der Waals surface area (Å²) in [6.45, 7) is 2.27. The average Bonchev–Trinajstić information content (AvgIpc) is 2.52. The van der Waals surface area contributed by atoms with Crippen LogP contribution in [0.5, 0.6) is 0 Å². The molecule has 0 aliphatic carbocycles. The molecule has 0 saturated heterocycles. The second-order valence-corrected chi connectivity index (χ2v) is 5.95. The van der Waals surface area contributed by atoms with E-state index in [4.69, 9.17) is 0 Å². The number of benzene rings is 2. The molecule has 0 radical (unpaired) electrons. The Balaban J connectivity index is 2.16. The molecule has 2 rings (SSSR count). The number of aryl methyl sites for hydroxylation is 2. The van der Waals surface area contributed by atoms with Crippen molar-refractivity contribution in [3.63, 3.8) is 0 Å². The summed E-state index contributed by atoms with van der Waals surface area (Å²) in [4.78, 5) is 2.35. The Labute approximate surface area is 129 Å². The van der Waals surface area contributed by atoms with E-state index in [1.54, 1.807) is 0 Å². The van der Waals surface area contributed by atoms with E-state index >= 15 is 0 Å². The lowest BCUT2D eigenvalue weighted by atomic mass is 9.92. The van der Waals surface area contributed by atoms with Crippen LogP contribution in [-0.4, -0.2) is 19.0 Å². The second-order valence-electron chi connectivity index (χ2n) is 5.95. The molecule has 2 aromatic rings. The summed E-state index contributed by atoms with van der Waals surface area (Å²) in [5.74, 6) is 0. The summed E-state index contributed by atoms with van der Waals surface area (Å²) in [6.07, 6.45) is 4.67. The third-order valence-corrected chi connectivity index (χ3v) is 4.13. The van der Waals surface area contributed by atoms with E-state index in [9.17, 15) is 0 Å². The van der Waals surface area contributed by atoms with Crippen molar-refractivity contribution in [2.45, 2.75) is 38.6 Å². The second kappa shape index (κ2) is 7.99. The fraction of sp³-hybridized carbons (Fsp3) is 0.400. The Morgan fingerprint density at radius 3 is 2.19 bits per heavy atom. The molecule has 112 valence electrons. The SMILES string of the molecule is CCCC(c1ccccc1CCc1ccccc1)N(C)C. The first-order valence-corrected chi connectivity index (χ1v) is 8.00. The Morgan fingerprint density at radius 2 is 1.52 bits per heavy atom. The van der Waals surface area contributed by atoms with Crippen molar-refractivity contribution in [2.75, 3.05) is 14.1 Å². The number of nitrogens with zero attached hydrogens (tertiary/aromatic N) is 1. The maximum atomic E-state index is 2.35. The summed E-state index contributed by atoms with van der Waals surface area (Å²) < 4.78 is 0. The lowest BCUT2D eigenvalue weighted by molar-refractivity contribution is 0.280. The van der Waals surface area contributed by atoms with Crippen LogP contribution in [-0.2, 0) is 12.8 Å². The van der Waals surface area contributed by atoms with Gasteiger partial charge in [-0.15, -0.1) is 0 Å². The monoisotopic (exact) mass is 281 g/mol. The minimum absolute atomic E-state index is 0.530. The first-order valence-electron chi connectivity index (χ1n) is 8.00. The summed E-state index contributed by atoms with van der Waals surface area (Å²) >= 11 is 0. The van der Waals surface area contributed by atoms with Crippen LogP contribution < -0.4 is 0 Å². The van der Waals surface area contributed by atoms with Crippen molar-refractivity contribution in [3.8, 4) is 0 Å². The molecule has 0 spiro atoms. The molecule has 2 aromatic carbocycles. The predicted molar refractivity (Wildman–Crippen MR) is 91.6 cm³/mol. The maximum Gasteiger partial charge on any atom is 0.0344 e. The highest BCUT2D eigenvalue weighted by Crippen LogP contribution is 2.27. The highest BCUT2D eigenvalue weighted by Gasteiger charge is 2.16. The highest BCUT2D eigenvalue weighted by molar-refractivity contribution is 5.31. The van der Waals surface area contributed by atoms with Gasteiger partial charge in [0.1, 0.15) is 0 Å². The lowest BCUT2D eigenvalue weighted by Crippen LogP contribution is -2.21. The van der Waals surface area contributed by atoms with Gasteiger partial charge in [0.25, 0.3) is 0 Å². The van der Waals surface area contributed by atoms with Gasteiger partial charge >= 0.3 is 0 Å². The minimum Gasteiger partial charge on any atom is -0.302 e. The molecule has 1 unspecified atom stereocenters. The Hall–Kier alpha value is -1.60. The largest absolute Gasteiger partial charge is 0.302 e. The van der Waals surface area contributed by atoms with Crippen LogP contribution in [0.1, 0.15) is 42.5 Å². The first-order chi connectivity index (χ1) is 10.2. The van der Waals surface area contributed by atoms with E-state index in [2.05, 4.69) is 80.5 Å². The summed E-state index contributed by atoms with van der Waals surface area (Å²) in [5, 5.41) is 0. The molecule has 0 heterocycles. The first kappa shape index (κ1) is 15.8. The maximum absolute atomic E-state index is 2.35. The van der Waals surface area contributed by atoms with Crippen LogP contribution in [0, 0.1) is 0 Å². The molecule has 0 aliphatic heterocycles. The molecule has 0 amide bonds. The molecule has 1 nitrogen and oxygen atoms in total. The average molecular weight is 281 g/mol. The van der Waals surface area contributed by atoms with Crippen LogP contribution in [0.4, 0.5) is 0 Å². The van der Waals surface area contributed by atoms with E-state index in [0.29, 0.717) is 6.04 Å². The molecule has 0 N–H and O–H groups in total. The normalized spacial score (nSPS) is 12.6. The lowest BCUT2D eigenvalue weighted by Gasteiger charge is -2.26. The van der Waals surface area contributed by atoms with Gasteiger partial charge in [-0.1, -0.05) is 67.9 Å².